The fourth-order valence-electron chi connectivity index (χ4n) is 1.97. The summed E-state index contributed by atoms with van der Waals surface area (Å²) in [6.45, 7) is 3.16. The molecule has 0 spiro atoms. The molecular formula is C17H15BrClNO3. The van der Waals surface area contributed by atoms with Crippen molar-refractivity contribution in [3.63, 3.8) is 0 Å². The molecule has 6 heteroatoms. The van der Waals surface area contributed by atoms with Crippen LogP contribution in [0.25, 0.3) is 0 Å². The third-order valence-electron chi connectivity index (χ3n) is 3.12. The topological polar surface area (TPSA) is 55.4 Å². The first-order valence-corrected chi connectivity index (χ1v) is 8.03. The lowest BCUT2D eigenvalue weighted by Crippen LogP contribution is -2.20. The van der Waals surface area contributed by atoms with Gasteiger partial charge in [-0.25, -0.2) is 0 Å². The number of halogens is 2. The lowest BCUT2D eigenvalue weighted by Gasteiger charge is -2.11. The number of rotatable bonds is 5. The fourth-order valence-corrected chi connectivity index (χ4v) is 2.38. The highest BCUT2D eigenvalue weighted by molar-refractivity contribution is 9.10. The minimum atomic E-state index is -0.309. The third-order valence-corrected chi connectivity index (χ3v) is 4.25. The van der Waals surface area contributed by atoms with E-state index in [1.165, 1.54) is 13.0 Å². The summed E-state index contributed by atoms with van der Waals surface area (Å²) < 4.78 is 6.41. The average molecular weight is 397 g/mol. The lowest BCUT2D eigenvalue weighted by molar-refractivity contribution is -0.118. The molecule has 0 aromatic heterocycles. The molecule has 0 aliphatic rings. The highest BCUT2D eigenvalue weighted by Crippen LogP contribution is 2.24. The summed E-state index contributed by atoms with van der Waals surface area (Å²) in [4.78, 5) is 23.6. The molecule has 0 bridgehead atoms. The second-order valence-electron chi connectivity index (χ2n) is 5.00. The number of nitrogens with one attached hydrogen (secondary N) is 1. The van der Waals surface area contributed by atoms with E-state index in [1.807, 2.05) is 19.1 Å². The van der Waals surface area contributed by atoms with Crippen molar-refractivity contribution in [1.82, 2.24) is 0 Å². The summed E-state index contributed by atoms with van der Waals surface area (Å²) in [5, 5.41) is 3.19. The largest absolute Gasteiger partial charge is 0.483 e. The van der Waals surface area contributed by atoms with Crippen LogP contribution in [0, 0.1) is 6.92 Å². The second kappa shape index (κ2) is 7.62. The first kappa shape index (κ1) is 17.5. The first-order valence-electron chi connectivity index (χ1n) is 6.86. The summed E-state index contributed by atoms with van der Waals surface area (Å²) in [5.74, 6) is -0.147. The number of hydrogen-bond acceptors (Lipinski definition) is 3. The molecule has 0 unspecified atom stereocenters. The Labute approximate surface area is 147 Å². The predicted octanol–water partition coefficient (Wildman–Crippen LogP) is 4.63. The Bertz CT molecular complexity index is 761. The number of aryl methyl sites for hydroxylation is 1. The Balaban J connectivity index is 2.02. The molecular weight excluding hydrogens is 382 g/mol. The third kappa shape index (κ3) is 4.81. The van der Waals surface area contributed by atoms with Crippen LogP contribution >= 0.6 is 27.5 Å². The zero-order valence-electron chi connectivity index (χ0n) is 12.7. The van der Waals surface area contributed by atoms with Crippen molar-refractivity contribution in [2.45, 2.75) is 13.8 Å². The molecule has 1 N–H and O–H groups in total. The molecule has 2 aromatic carbocycles. The number of carbonyl (C=O) groups excluding carboxylic acids is 2. The Morgan fingerprint density at radius 1 is 1.22 bits per heavy atom. The van der Waals surface area contributed by atoms with Gasteiger partial charge in [0.2, 0.25) is 0 Å². The molecule has 2 rings (SSSR count). The quantitative estimate of drug-likeness (QED) is 0.750. The Hall–Kier alpha value is -1.85. The molecule has 0 heterocycles. The standard InChI is InChI=1S/C17H15BrClNO3/c1-10-7-13(4-5-15(10)18)20-17(22)9-23-16-6-3-12(19)8-14(16)11(2)21/h3-8H,9H2,1-2H3,(H,20,22). The van der Waals surface area contributed by atoms with Gasteiger partial charge in [-0.2, -0.15) is 0 Å². The van der Waals surface area contributed by atoms with Crippen LogP contribution in [0.1, 0.15) is 22.8 Å². The molecule has 120 valence electrons. The zero-order chi connectivity index (χ0) is 17.0. The molecule has 0 aliphatic heterocycles. The lowest BCUT2D eigenvalue weighted by atomic mass is 10.1. The van der Waals surface area contributed by atoms with Gasteiger partial charge >= 0.3 is 0 Å². The maximum atomic E-state index is 12.0. The van der Waals surface area contributed by atoms with Gasteiger partial charge in [-0.15, -0.1) is 0 Å². The van der Waals surface area contributed by atoms with Crippen molar-refractivity contribution < 1.29 is 14.3 Å². The van der Waals surface area contributed by atoms with Crippen LogP contribution < -0.4 is 10.1 Å². The van der Waals surface area contributed by atoms with Crippen LogP contribution in [0.5, 0.6) is 5.75 Å². The van der Waals surface area contributed by atoms with Gasteiger partial charge in [0.1, 0.15) is 5.75 Å². The van der Waals surface area contributed by atoms with Gasteiger partial charge in [-0.1, -0.05) is 27.5 Å². The zero-order valence-corrected chi connectivity index (χ0v) is 15.0. The number of Topliss-reactive ketones (excluding diaryl/α,β-unsaturated/α-hetero) is 1. The molecule has 0 radical (unpaired) electrons. The Morgan fingerprint density at radius 2 is 1.96 bits per heavy atom. The van der Waals surface area contributed by atoms with Crippen molar-refractivity contribution in [1.29, 1.82) is 0 Å². The molecule has 1 amide bonds. The molecule has 4 nitrogen and oxygen atoms in total. The van der Waals surface area contributed by atoms with Crippen LogP contribution in [-0.2, 0) is 4.79 Å². The summed E-state index contributed by atoms with van der Waals surface area (Å²) >= 11 is 9.27. The maximum Gasteiger partial charge on any atom is 0.262 e. The first-order chi connectivity index (χ1) is 10.9. The maximum absolute atomic E-state index is 12.0. The van der Waals surface area contributed by atoms with E-state index in [9.17, 15) is 9.59 Å². The summed E-state index contributed by atoms with van der Waals surface area (Å²) in [6.07, 6.45) is 0. The normalized spacial score (nSPS) is 10.3. The number of ether oxygens (including phenoxy) is 1. The van der Waals surface area contributed by atoms with E-state index in [2.05, 4.69) is 21.2 Å². The van der Waals surface area contributed by atoms with E-state index in [0.717, 1.165) is 10.0 Å². The summed E-state index contributed by atoms with van der Waals surface area (Å²) in [7, 11) is 0. The van der Waals surface area contributed by atoms with Crippen molar-refractivity contribution in [3.05, 3.63) is 57.0 Å². The molecule has 0 saturated heterocycles. The van der Waals surface area contributed by atoms with Gasteiger partial charge in [0.15, 0.2) is 12.4 Å². The van der Waals surface area contributed by atoms with E-state index >= 15 is 0 Å². The average Bonchev–Trinajstić information content (AvgIpc) is 2.49. The fraction of sp³-hybridized carbons (Fsp3) is 0.176. The van der Waals surface area contributed by atoms with Crippen molar-refractivity contribution in [3.8, 4) is 5.75 Å². The van der Waals surface area contributed by atoms with Crippen LogP contribution in [0.3, 0.4) is 0 Å². The summed E-state index contributed by atoms with van der Waals surface area (Å²) in [6, 6.07) is 10.2. The van der Waals surface area contributed by atoms with Gasteiger partial charge in [0.05, 0.1) is 5.56 Å². The molecule has 0 aliphatic carbocycles. The minimum absolute atomic E-state index is 0.175. The molecule has 0 fully saturated rings. The number of amides is 1. The summed E-state index contributed by atoms with van der Waals surface area (Å²) in [5.41, 5.74) is 2.05. The smallest absolute Gasteiger partial charge is 0.262 e. The van der Waals surface area contributed by atoms with Crippen molar-refractivity contribution in [2.24, 2.45) is 0 Å². The predicted molar refractivity (Wildman–Crippen MR) is 94.5 cm³/mol. The van der Waals surface area contributed by atoms with Crippen LogP contribution in [0.2, 0.25) is 5.02 Å². The number of carbonyl (C=O) groups is 2. The Morgan fingerprint density at radius 3 is 2.61 bits per heavy atom. The van der Waals surface area contributed by atoms with Crippen molar-refractivity contribution in [2.75, 3.05) is 11.9 Å². The number of benzene rings is 2. The van der Waals surface area contributed by atoms with E-state index in [-0.39, 0.29) is 18.3 Å². The van der Waals surface area contributed by atoms with Gasteiger partial charge in [0.25, 0.3) is 5.91 Å². The second-order valence-corrected chi connectivity index (χ2v) is 6.29. The van der Waals surface area contributed by atoms with Crippen LogP contribution in [-0.4, -0.2) is 18.3 Å². The van der Waals surface area contributed by atoms with Crippen LogP contribution in [0.15, 0.2) is 40.9 Å². The van der Waals surface area contributed by atoms with Crippen LogP contribution in [0.4, 0.5) is 5.69 Å². The van der Waals surface area contributed by atoms with E-state index in [0.29, 0.717) is 22.0 Å². The Kier molecular flexibility index (Phi) is 5.80. The number of hydrogen-bond donors (Lipinski definition) is 1. The van der Waals surface area contributed by atoms with E-state index < -0.39 is 0 Å². The monoisotopic (exact) mass is 395 g/mol. The van der Waals surface area contributed by atoms with Gasteiger partial charge in [0, 0.05) is 15.2 Å². The molecule has 2 aromatic rings. The van der Waals surface area contributed by atoms with Gasteiger partial charge in [-0.05, 0) is 55.8 Å². The SMILES string of the molecule is CC(=O)c1cc(Cl)ccc1OCC(=O)Nc1ccc(Br)c(C)c1. The highest BCUT2D eigenvalue weighted by atomic mass is 79.9. The number of ketones is 1. The number of anilines is 1. The van der Waals surface area contributed by atoms with Crippen molar-refractivity contribution >= 4 is 44.9 Å². The molecule has 0 saturated carbocycles. The molecule has 23 heavy (non-hydrogen) atoms. The highest BCUT2D eigenvalue weighted by Gasteiger charge is 2.11. The van der Waals surface area contributed by atoms with Gasteiger partial charge < -0.3 is 10.1 Å². The van der Waals surface area contributed by atoms with E-state index in [1.54, 1.807) is 18.2 Å². The minimum Gasteiger partial charge on any atom is -0.483 e. The van der Waals surface area contributed by atoms with Gasteiger partial charge in [-0.3, -0.25) is 9.59 Å². The molecule has 0 atom stereocenters. The van der Waals surface area contributed by atoms with E-state index in [4.69, 9.17) is 16.3 Å².